The number of aromatic nitrogens is 2. The van der Waals surface area contributed by atoms with Gasteiger partial charge >= 0.3 is 0 Å². The van der Waals surface area contributed by atoms with Crippen molar-refractivity contribution >= 4 is 5.82 Å². The van der Waals surface area contributed by atoms with Crippen LogP contribution in [0.5, 0.6) is 11.6 Å². The predicted molar refractivity (Wildman–Crippen MR) is 76.3 cm³/mol. The summed E-state index contributed by atoms with van der Waals surface area (Å²) >= 11 is 0. The van der Waals surface area contributed by atoms with E-state index in [0.29, 0.717) is 23.3 Å². The number of hydrogen-bond donors (Lipinski definition) is 3. The van der Waals surface area contributed by atoms with E-state index in [-0.39, 0.29) is 6.61 Å². The van der Waals surface area contributed by atoms with Crippen molar-refractivity contribution in [2.24, 2.45) is 5.84 Å². The summed E-state index contributed by atoms with van der Waals surface area (Å²) in [4.78, 5) is 8.58. The van der Waals surface area contributed by atoms with Gasteiger partial charge in [0.15, 0.2) is 0 Å². The zero-order chi connectivity index (χ0) is 14.4. The van der Waals surface area contributed by atoms with Gasteiger partial charge < -0.3 is 15.3 Å². The van der Waals surface area contributed by atoms with Crippen molar-refractivity contribution in [3.05, 3.63) is 41.7 Å². The highest BCUT2D eigenvalue weighted by Gasteiger charge is 2.06. The van der Waals surface area contributed by atoms with E-state index >= 15 is 0 Å². The van der Waals surface area contributed by atoms with Crippen LogP contribution in [-0.4, -0.2) is 15.1 Å². The molecule has 1 aromatic heterocycles. The maximum absolute atomic E-state index is 9.12. The van der Waals surface area contributed by atoms with E-state index in [2.05, 4.69) is 22.3 Å². The van der Waals surface area contributed by atoms with Crippen LogP contribution in [-0.2, 0) is 13.0 Å². The number of anilines is 1. The predicted octanol–water partition coefficient (Wildman–Crippen LogP) is 2.00. The fraction of sp³-hybridized carbons (Fsp3) is 0.286. The SMILES string of the molecule is CCCc1nc(NN)cc(Oc2cccc(CO)c2)n1. The van der Waals surface area contributed by atoms with Crippen molar-refractivity contribution in [2.45, 2.75) is 26.4 Å². The normalized spacial score (nSPS) is 10.3. The first-order valence-corrected chi connectivity index (χ1v) is 6.47. The fourth-order valence-electron chi connectivity index (χ4n) is 1.76. The molecule has 1 heterocycles. The molecule has 0 aliphatic heterocycles. The molecule has 1 aromatic carbocycles. The number of nitrogen functional groups attached to an aromatic ring is 1. The van der Waals surface area contributed by atoms with Gasteiger partial charge in [-0.1, -0.05) is 19.1 Å². The lowest BCUT2D eigenvalue weighted by atomic mass is 10.2. The number of aliphatic hydroxyl groups excluding tert-OH is 1. The monoisotopic (exact) mass is 274 g/mol. The van der Waals surface area contributed by atoms with Gasteiger partial charge in [-0.25, -0.2) is 10.8 Å². The minimum Gasteiger partial charge on any atom is -0.439 e. The largest absolute Gasteiger partial charge is 0.439 e. The summed E-state index contributed by atoms with van der Waals surface area (Å²) in [5.41, 5.74) is 3.28. The number of benzene rings is 1. The summed E-state index contributed by atoms with van der Waals surface area (Å²) < 4.78 is 5.69. The number of aryl methyl sites for hydroxylation is 1. The van der Waals surface area contributed by atoms with Crippen LogP contribution >= 0.6 is 0 Å². The van der Waals surface area contributed by atoms with Gasteiger partial charge in [-0.2, -0.15) is 4.98 Å². The van der Waals surface area contributed by atoms with Crippen molar-refractivity contribution in [3.63, 3.8) is 0 Å². The molecule has 6 heteroatoms. The Kier molecular flexibility index (Phi) is 4.86. The third-order valence-electron chi connectivity index (χ3n) is 2.67. The molecule has 106 valence electrons. The van der Waals surface area contributed by atoms with Gasteiger partial charge in [-0.3, -0.25) is 0 Å². The molecule has 6 nitrogen and oxygen atoms in total. The molecule has 2 aromatic rings. The second kappa shape index (κ2) is 6.83. The van der Waals surface area contributed by atoms with Crippen LogP contribution in [0, 0.1) is 0 Å². The molecule has 0 fully saturated rings. The number of aliphatic hydroxyl groups is 1. The minimum atomic E-state index is -0.0301. The number of nitrogens with zero attached hydrogens (tertiary/aromatic N) is 2. The Morgan fingerprint density at radius 3 is 2.85 bits per heavy atom. The van der Waals surface area contributed by atoms with Gasteiger partial charge in [0.25, 0.3) is 0 Å². The summed E-state index contributed by atoms with van der Waals surface area (Å²) in [6.45, 7) is 2.02. The molecule has 0 bridgehead atoms. The Balaban J connectivity index is 2.24. The molecule has 0 saturated carbocycles. The molecule has 0 radical (unpaired) electrons. The molecule has 0 saturated heterocycles. The highest BCUT2D eigenvalue weighted by atomic mass is 16.5. The third kappa shape index (κ3) is 3.66. The maximum atomic E-state index is 9.12. The second-order valence-electron chi connectivity index (χ2n) is 4.31. The summed E-state index contributed by atoms with van der Waals surface area (Å²) in [5, 5.41) is 9.12. The number of nitrogens with one attached hydrogen (secondary N) is 1. The summed E-state index contributed by atoms with van der Waals surface area (Å²) in [6.07, 6.45) is 1.69. The molecule has 0 amide bonds. The Hall–Kier alpha value is -2.18. The molecule has 0 atom stereocenters. The van der Waals surface area contributed by atoms with Gasteiger partial charge in [0, 0.05) is 12.5 Å². The minimum absolute atomic E-state index is 0.0301. The Morgan fingerprint density at radius 2 is 2.15 bits per heavy atom. The number of ether oxygens (including phenoxy) is 1. The highest BCUT2D eigenvalue weighted by molar-refractivity contribution is 5.39. The van der Waals surface area contributed by atoms with Crippen LogP contribution in [0.15, 0.2) is 30.3 Å². The van der Waals surface area contributed by atoms with Crippen LogP contribution in [0.4, 0.5) is 5.82 Å². The third-order valence-corrected chi connectivity index (χ3v) is 2.67. The van der Waals surface area contributed by atoms with Gasteiger partial charge in [0.2, 0.25) is 5.88 Å². The van der Waals surface area contributed by atoms with Gasteiger partial charge in [0.1, 0.15) is 17.4 Å². The van der Waals surface area contributed by atoms with Crippen LogP contribution in [0.1, 0.15) is 24.7 Å². The molecular weight excluding hydrogens is 256 g/mol. The average Bonchev–Trinajstić information content (AvgIpc) is 2.47. The number of rotatable bonds is 6. The number of nitrogens with two attached hydrogens (primary N) is 1. The smallest absolute Gasteiger partial charge is 0.224 e. The molecule has 0 spiro atoms. The van der Waals surface area contributed by atoms with Crippen molar-refractivity contribution in [1.29, 1.82) is 0 Å². The molecule has 2 rings (SSSR count). The lowest BCUT2D eigenvalue weighted by Gasteiger charge is -2.09. The van der Waals surface area contributed by atoms with Crippen molar-refractivity contribution in [2.75, 3.05) is 5.43 Å². The molecule has 20 heavy (non-hydrogen) atoms. The van der Waals surface area contributed by atoms with E-state index in [1.807, 2.05) is 12.1 Å². The topological polar surface area (TPSA) is 93.3 Å². The Labute approximate surface area is 117 Å². The van der Waals surface area contributed by atoms with Crippen molar-refractivity contribution in [1.82, 2.24) is 9.97 Å². The molecular formula is C14H18N4O2. The van der Waals surface area contributed by atoms with Crippen LogP contribution in [0.25, 0.3) is 0 Å². The average molecular weight is 274 g/mol. The molecule has 0 unspecified atom stereocenters. The summed E-state index contributed by atoms with van der Waals surface area (Å²) in [6, 6.07) is 8.83. The Bertz CT molecular complexity index is 575. The number of hydrazine groups is 1. The first-order valence-electron chi connectivity index (χ1n) is 6.47. The van der Waals surface area contributed by atoms with E-state index in [9.17, 15) is 0 Å². The van der Waals surface area contributed by atoms with Gasteiger partial charge in [-0.15, -0.1) is 0 Å². The van der Waals surface area contributed by atoms with Crippen molar-refractivity contribution in [3.8, 4) is 11.6 Å². The number of hydrogen-bond acceptors (Lipinski definition) is 6. The van der Waals surface area contributed by atoms with Crippen LogP contribution < -0.4 is 16.0 Å². The fourth-order valence-corrected chi connectivity index (χ4v) is 1.76. The highest BCUT2D eigenvalue weighted by Crippen LogP contribution is 2.22. The van der Waals surface area contributed by atoms with Gasteiger partial charge in [-0.05, 0) is 24.1 Å². The lowest BCUT2D eigenvalue weighted by Crippen LogP contribution is -2.10. The van der Waals surface area contributed by atoms with E-state index in [0.717, 1.165) is 18.4 Å². The Morgan fingerprint density at radius 1 is 1.30 bits per heavy atom. The maximum Gasteiger partial charge on any atom is 0.224 e. The lowest BCUT2D eigenvalue weighted by molar-refractivity contribution is 0.281. The van der Waals surface area contributed by atoms with E-state index in [4.69, 9.17) is 15.7 Å². The zero-order valence-corrected chi connectivity index (χ0v) is 11.3. The van der Waals surface area contributed by atoms with Gasteiger partial charge in [0.05, 0.1) is 6.61 Å². The van der Waals surface area contributed by atoms with Crippen molar-refractivity contribution < 1.29 is 9.84 Å². The standard InChI is InChI=1S/C14H18N4O2/c1-2-4-12-16-13(18-15)8-14(17-12)20-11-6-3-5-10(7-11)9-19/h3,5-8,19H,2,4,9,15H2,1H3,(H,16,17,18). The first kappa shape index (κ1) is 14.2. The second-order valence-corrected chi connectivity index (χ2v) is 4.31. The molecule has 4 N–H and O–H groups in total. The first-order chi connectivity index (χ1) is 9.75. The van der Waals surface area contributed by atoms with E-state index in [1.54, 1.807) is 18.2 Å². The summed E-state index contributed by atoms with van der Waals surface area (Å²) in [5.74, 6) is 7.62. The van der Waals surface area contributed by atoms with Crippen LogP contribution in [0.2, 0.25) is 0 Å². The zero-order valence-electron chi connectivity index (χ0n) is 11.3. The van der Waals surface area contributed by atoms with Crippen LogP contribution in [0.3, 0.4) is 0 Å². The van der Waals surface area contributed by atoms with E-state index < -0.39 is 0 Å². The quantitative estimate of drug-likeness (QED) is 0.551. The molecule has 0 aliphatic carbocycles. The summed E-state index contributed by atoms with van der Waals surface area (Å²) in [7, 11) is 0. The van der Waals surface area contributed by atoms with E-state index in [1.165, 1.54) is 0 Å². The molecule has 0 aliphatic rings.